The fraction of sp³-hybridized carbons (Fsp3) is 0.562. The highest BCUT2D eigenvalue weighted by Gasteiger charge is 2.40. The Kier molecular flexibility index (Phi) is 7.63. The van der Waals surface area contributed by atoms with Crippen LogP contribution in [0.3, 0.4) is 0 Å². The third kappa shape index (κ3) is 4.59. The van der Waals surface area contributed by atoms with Crippen molar-refractivity contribution < 1.29 is 9.53 Å². The zero-order chi connectivity index (χ0) is 15.3. The van der Waals surface area contributed by atoms with Gasteiger partial charge in [-0.25, -0.2) is 0 Å². The Hall–Kier alpha value is -0.810. The Morgan fingerprint density at radius 1 is 1.45 bits per heavy atom. The highest BCUT2D eigenvalue weighted by atomic mass is 35.5. The van der Waals surface area contributed by atoms with Gasteiger partial charge >= 0.3 is 0 Å². The first-order valence-corrected chi connectivity index (χ1v) is 7.71. The molecule has 1 atom stereocenters. The number of piperidine rings is 1. The van der Waals surface area contributed by atoms with Crippen LogP contribution in [0, 0.1) is 5.41 Å². The molecule has 0 aliphatic carbocycles. The van der Waals surface area contributed by atoms with Crippen molar-refractivity contribution in [2.75, 3.05) is 26.8 Å². The molecule has 1 heterocycles. The van der Waals surface area contributed by atoms with Crippen molar-refractivity contribution in [3.05, 3.63) is 34.9 Å². The molecular weight excluding hydrogens is 323 g/mol. The molecule has 6 heteroatoms. The molecule has 1 aliphatic rings. The van der Waals surface area contributed by atoms with Crippen molar-refractivity contribution >= 4 is 29.9 Å². The molecule has 1 aromatic rings. The minimum absolute atomic E-state index is 0. The smallest absolute Gasteiger partial charge is 0.229 e. The number of nitrogens with one attached hydrogen (secondary N) is 2. The Morgan fingerprint density at radius 2 is 2.14 bits per heavy atom. The molecule has 1 unspecified atom stereocenters. The lowest BCUT2D eigenvalue weighted by atomic mass is 9.78. The summed E-state index contributed by atoms with van der Waals surface area (Å²) in [6, 6.07) is 7.52. The van der Waals surface area contributed by atoms with E-state index in [2.05, 4.69) is 10.6 Å². The van der Waals surface area contributed by atoms with E-state index in [9.17, 15) is 4.79 Å². The average Bonchev–Trinajstić information content (AvgIpc) is 2.48. The molecule has 0 radical (unpaired) electrons. The molecule has 2 rings (SSSR count). The zero-order valence-electron chi connectivity index (χ0n) is 13.0. The van der Waals surface area contributed by atoms with Gasteiger partial charge in [-0.3, -0.25) is 4.79 Å². The van der Waals surface area contributed by atoms with E-state index < -0.39 is 5.41 Å². The van der Waals surface area contributed by atoms with Gasteiger partial charge in [0, 0.05) is 12.1 Å². The minimum atomic E-state index is -0.424. The van der Waals surface area contributed by atoms with Crippen LogP contribution in [0.2, 0.25) is 5.02 Å². The second-order valence-corrected chi connectivity index (χ2v) is 6.15. The lowest BCUT2D eigenvalue weighted by molar-refractivity contribution is -0.136. The molecule has 0 bridgehead atoms. The largest absolute Gasteiger partial charge is 0.384 e. The van der Waals surface area contributed by atoms with Gasteiger partial charge in [-0.2, -0.15) is 0 Å². The van der Waals surface area contributed by atoms with E-state index in [0.717, 1.165) is 31.5 Å². The molecule has 0 spiro atoms. The number of methoxy groups -OCH3 is 1. The SMILES string of the molecule is COCC1(C(=O)NC(C)c2cccc(Cl)c2)CCNCC1.Cl. The predicted octanol–water partition coefficient (Wildman–Crippen LogP) is 2.96. The first-order chi connectivity index (χ1) is 10.1. The van der Waals surface area contributed by atoms with Crippen LogP contribution in [0.4, 0.5) is 0 Å². The van der Waals surface area contributed by atoms with Gasteiger partial charge in [0.25, 0.3) is 0 Å². The number of ether oxygens (including phenoxy) is 1. The standard InChI is InChI=1S/C16H23ClN2O2.ClH/c1-12(13-4-3-5-14(17)10-13)19-15(20)16(11-21-2)6-8-18-9-7-16;/h3-5,10,12,18H,6-9,11H2,1-2H3,(H,19,20);1H. The van der Waals surface area contributed by atoms with Crippen LogP contribution in [0.15, 0.2) is 24.3 Å². The predicted molar refractivity (Wildman–Crippen MR) is 91.7 cm³/mol. The summed E-state index contributed by atoms with van der Waals surface area (Å²) in [5.74, 6) is 0.0679. The maximum absolute atomic E-state index is 12.7. The lowest BCUT2D eigenvalue weighted by Gasteiger charge is -2.36. The van der Waals surface area contributed by atoms with Gasteiger partial charge in [0.05, 0.1) is 18.1 Å². The summed E-state index contributed by atoms with van der Waals surface area (Å²) in [5.41, 5.74) is 0.588. The number of hydrogen-bond acceptors (Lipinski definition) is 3. The van der Waals surface area contributed by atoms with Crippen LogP contribution < -0.4 is 10.6 Å². The molecule has 22 heavy (non-hydrogen) atoms. The van der Waals surface area contributed by atoms with E-state index in [0.29, 0.717) is 11.6 Å². The molecule has 1 aliphatic heterocycles. The van der Waals surface area contributed by atoms with E-state index in [-0.39, 0.29) is 24.4 Å². The number of amides is 1. The second kappa shape index (κ2) is 8.73. The summed E-state index contributed by atoms with van der Waals surface area (Å²) in [6.07, 6.45) is 1.60. The summed E-state index contributed by atoms with van der Waals surface area (Å²) >= 11 is 6.01. The van der Waals surface area contributed by atoms with Gasteiger partial charge in [-0.1, -0.05) is 23.7 Å². The second-order valence-electron chi connectivity index (χ2n) is 5.71. The third-order valence-electron chi connectivity index (χ3n) is 4.16. The van der Waals surface area contributed by atoms with Crippen LogP contribution in [-0.2, 0) is 9.53 Å². The van der Waals surface area contributed by atoms with Gasteiger partial charge in [0.15, 0.2) is 0 Å². The molecule has 1 saturated heterocycles. The molecule has 124 valence electrons. The van der Waals surface area contributed by atoms with E-state index in [1.54, 1.807) is 7.11 Å². The summed E-state index contributed by atoms with van der Waals surface area (Å²) in [7, 11) is 1.65. The van der Waals surface area contributed by atoms with Crippen molar-refractivity contribution in [2.24, 2.45) is 5.41 Å². The monoisotopic (exact) mass is 346 g/mol. The Bertz CT molecular complexity index is 485. The highest BCUT2D eigenvalue weighted by Crippen LogP contribution is 2.30. The van der Waals surface area contributed by atoms with Crippen LogP contribution in [0.5, 0.6) is 0 Å². The summed E-state index contributed by atoms with van der Waals surface area (Å²) in [4.78, 5) is 12.7. The summed E-state index contributed by atoms with van der Waals surface area (Å²) < 4.78 is 5.30. The zero-order valence-corrected chi connectivity index (χ0v) is 14.6. The van der Waals surface area contributed by atoms with Gasteiger partial charge in [-0.05, 0) is 50.6 Å². The maximum atomic E-state index is 12.7. The van der Waals surface area contributed by atoms with Crippen LogP contribution in [0.1, 0.15) is 31.4 Å². The van der Waals surface area contributed by atoms with Crippen molar-refractivity contribution in [1.29, 1.82) is 0 Å². The van der Waals surface area contributed by atoms with Crippen LogP contribution in [-0.4, -0.2) is 32.7 Å². The van der Waals surface area contributed by atoms with Crippen LogP contribution in [0.25, 0.3) is 0 Å². The Balaban J connectivity index is 0.00000242. The van der Waals surface area contributed by atoms with Gasteiger partial charge in [0.2, 0.25) is 5.91 Å². The number of benzene rings is 1. The molecule has 4 nitrogen and oxygen atoms in total. The molecule has 1 amide bonds. The van der Waals surface area contributed by atoms with Crippen molar-refractivity contribution in [1.82, 2.24) is 10.6 Å². The number of carbonyl (C=O) groups excluding carboxylic acids is 1. The normalized spacial score (nSPS) is 18.1. The number of hydrogen-bond donors (Lipinski definition) is 2. The quantitative estimate of drug-likeness (QED) is 0.861. The first-order valence-electron chi connectivity index (χ1n) is 7.33. The summed E-state index contributed by atoms with van der Waals surface area (Å²) in [5, 5.41) is 7.09. The van der Waals surface area contributed by atoms with E-state index in [1.165, 1.54) is 0 Å². The minimum Gasteiger partial charge on any atom is -0.384 e. The molecule has 2 N–H and O–H groups in total. The third-order valence-corrected chi connectivity index (χ3v) is 4.39. The Labute approximate surface area is 143 Å². The number of carbonyl (C=O) groups is 1. The topological polar surface area (TPSA) is 50.4 Å². The van der Waals surface area contributed by atoms with E-state index in [1.807, 2.05) is 31.2 Å². The van der Waals surface area contributed by atoms with E-state index in [4.69, 9.17) is 16.3 Å². The molecule has 0 aromatic heterocycles. The van der Waals surface area contributed by atoms with Crippen LogP contribution >= 0.6 is 24.0 Å². The molecule has 0 saturated carbocycles. The lowest BCUT2D eigenvalue weighted by Crippen LogP contribution is -2.50. The van der Waals surface area contributed by atoms with Gasteiger partial charge in [-0.15, -0.1) is 12.4 Å². The fourth-order valence-electron chi connectivity index (χ4n) is 2.83. The highest BCUT2D eigenvalue weighted by molar-refractivity contribution is 6.30. The summed E-state index contributed by atoms with van der Waals surface area (Å²) in [6.45, 7) is 4.14. The average molecular weight is 347 g/mol. The molecule has 1 fully saturated rings. The number of rotatable bonds is 5. The fourth-order valence-corrected chi connectivity index (χ4v) is 3.03. The Morgan fingerprint density at radius 3 is 2.73 bits per heavy atom. The van der Waals surface area contributed by atoms with E-state index >= 15 is 0 Å². The number of halogens is 2. The first kappa shape index (κ1) is 19.2. The maximum Gasteiger partial charge on any atom is 0.229 e. The van der Waals surface area contributed by atoms with Gasteiger partial charge in [0.1, 0.15) is 0 Å². The van der Waals surface area contributed by atoms with Crippen molar-refractivity contribution in [3.63, 3.8) is 0 Å². The van der Waals surface area contributed by atoms with Crippen molar-refractivity contribution in [2.45, 2.75) is 25.8 Å². The molecular formula is C16H24Cl2N2O2. The molecule has 1 aromatic carbocycles. The van der Waals surface area contributed by atoms with Crippen molar-refractivity contribution in [3.8, 4) is 0 Å². The van der Waals surface area contributed by atoms with Gasteiger partial charge < -0.3 is 15.4 Å².